The summed E-state index contributed by atoms with van der Waals surface area (Å²) in [6.45, 7) is 2.50. The van der Waals surface area contributed by atoms with Crippen LogP contribution in [-0.2, 0) is 10.0 Å². The van der Waals surface area contributed by atoms with Crippen LogP contribution >= 0.6 is 0 Å². The van der Waals surface area contributed by atoms with Crippen LogP contribution in [0.1, 0.15) is 24.5 Å². The van der Waals surface area contributed by atoms with Crippen LogP contribution in [0.25, 0.3) is 0 Å². The van der Waals surface area contributed by atoms with Crippen molar-refractivity contribution in [3.63, 3.8) is 0 Å². The lowest BCUT2D eigenvalue weighted by molar-refractivity contribution is -0.136. The second kappa shape index (κ2) is 6.31. The van der Waals surface area contributed by atoms with Gasteiger partial charge in [0, 0.05) is 6.54 Å². The van der Waals surface area contributed by atoms with Crippen LogP contribution in [-0.4, -0.2) is 32.0 Å². The molecule has 3 nitrogen and oxygen atoms in total. The van der Waals surface area contributed by atoms with Gasteiger partial charge in [-0.3, -0.25) is 0 Å². The summed E-state index contributed by atoms with van der Waals surface area (Å²) in [5, 5.41) is 0. The van der Waals surface area contributed by atoms with Gasteiger partial charge in [-0.1, -0.05) is 6.92 Å². The fraction of sp³-hybridized carbons (Fsp3) is 0.538. The molecule has 1 aromatic rings. The molecular formula is C13H17F4NO2S. The van der Waals surface area contributed by atoms with Crippen molar-refractivity contribution in [2.24, 2.45) is 0 Å². The molecule has 0 N–H and O–H groups in total. The summed E-state index contributed by atoms with van der Waals surface area (Å²) in [5.41, 5.74) is 0.187. The lowest BCUT2D eigenvalue weighted by Crippen LogP contribution is -2.40. The summed E-state index contributed by atoms with van der Waals surface area (Å²) in [4.78, 5) is -0.262. The molecule has 0 heterocycles. The predicted molar refractivity (Wildman–Crippen MR) is 71.0 cm³/mol. The molecule has 0 atom stereocenters. The van der Waals surface area contributed by atoms with Crippen molar-refractivity contribution in [3.8, 4) is 0 Å². The van der Waals surface area contributed by atoms with E-state index in [2.05, 4.69) is 0 Å². The third-order valence-corrected chi connectivity index (χ3v) is 5.00. The highest BCUT2D eigenvalue weighted by Crippen LogP contribution is 2.27. The van der Waals surface area contributed by atoms with Crippen molar-refractivity contribution in [3.05, 3.63) is 29.1 Å². The van der Waals surface area contributed by atoms with Gasteiger partial charge in [0.15, 0.2) is 0 Å². The van der Waals surface area contributed by atoms with Crippen LogP contribution in [0, 0.1) is 19.7 Å². The van der Waals surface area contributed by atoms with Crippen LogP contribution < -0.4 is 0 Å². The molecule has 0 saturated heterocycles. The van der Waals surface area contributed by atoms with Gasteiger partial charge < -0.3 is 0 Å². The van der Waals surface area contributed by atoms with E-state index in [1.165, 1.54) is 13.8 Å². The number of hydrogen-bond donors (Lipinski definition) is 0. The normalized spacial score (nSPS) is 13.0. The Morgan fingerprint density at radius 3 is 2.00 bits per heavy atom. The Balaban J connectivity index is 3.36. The summed E-state index contributed by atoms with van der Waals surface area (Å²) < 4.78 is 76.3. The first-order valence-corrected chi connectivity index (χ1v) is 7.76. The van der Waals surface area contributed by atoms with Gasteiger partial charge in [-0.25, -0.2) is 12.8 Å². The van der Waals surface area contributed by atoms with E-state index < -0.39 is 28.6 Å². The summed E-state index contributed by atoms with van der Waals surface area (Å²) in [5.74, 6) is -0.623. The van der Waals surface area contributed by atoms with E-state index in [4.69, 9.17) is 0 Å². The molecule has 0 aromatic heterocycles. The smallest absolute Gasteiger partial charge is 0.207 e. The maximum absolute atomic E-state index is 13.2. The fourth-order valence-corrected chi connectivity index (χ4v) is 4.10. The Bertz CT molecular complexity index is 588. The monoisotopic (exact) mass is 327 g/mol. The van der Waals surface area contributed by atoms with E-state index in [0.29, 0.717) is 4.31 Å². The van der Waals surface area contributed by atoms with Crippen LogP contribution in [0.2, 0.25) is 0 Å². The van der Waals surface area contributed by atoms with Crippen LogP contribution in [0.5, 0.6) is 0 Å². The molecule has 8 heteroatoms. The maximum Gasteiger partial charge on any atom is 0.402 e. The molecule has 0 unspecified atom stereocenters. The third-order valence-electron chi connectivity index (χ3n) is 2.85. The average molecular weight is 327 g/mol. The Kier molecular flexibility index (Phi) is 5.38. The highest BCUT2D eigenvalue weighted by atomic mass is 32.2. The molecule has 21 heavy (non-hydrogen) atoms. The van der Waals surface area contributed by atoms with E-state index in [-0.39, 0.29) is 29.0 Å². The topological polar surface area (TPSA) is 37.4 Å². The van der Waals surface area contributed by atoms with Gasteiger partial charge in [-0.05, 0) is 43.5 Å². The van der Waals surface area contributed by atoms with Gasteiger partial charge in [0.1, 0.15) is 12.4 Å². The summed E-state index contributed by atoms with van der Waals surface area (Å²) in [6, 6.07) is 2.00. The lowest BCUT2D eigenvalue weighted by atomic mass is 10.1. The van der Waals surface area contributed by atoms with Crippen molar-refractivity contribution >= 4 is 10.0 Å². The number of alkyl halides is 3. The molecular weight excluding hydrogens is 310 g/mol. The van der Waals surface area contributed by atoms with Gasteiger partial charge in [-0.2, -0.15) is 17.5 Å². The molecule has 120 valence electrons. The van der Waals surface area contributed by atoms with Crippen molar-refractivity contribution in [2.75, 3.05) is 13.1 Å². The first-order valence-electron chi connectivity index (χ1n) is 6.32. The molecule has 0 fully saturated rings. The Morgan fingerprint density at radius 2 is 1.62 bits per heavy atom. The van der Waals surface area contributed by atoms with Crippen molar-refractivity contribution in [1.29, 1.82) is 0 Å². The number of sulfonamides is 1. The van der Waals surface area contributed by atoms with E-state index >= 15 is 0 Å². The maximum atomic E-state index is 13.2. The van der Waals surface area contributed by atoms with Gasteiger partial charge in [0.2, 0.25) is 10.0 Å². The minimum Gasteiger partial charge on any atom is -0.207 e. The number of hydrogen-bond acceptors (Lipinski definition) is 2. The average Bonchev–Trinajstić information content (AvgIpc) is 2.24. The molecule has 1 rings (SSSR count). The number of rotatable bonds is 5. The second-order valence-electron chi connectivity index (χ2n) is 4.82. The number of benzene rings is 1. The molecule has 0 aliphatic heterocycles. The first kappa shape index (κ1) is 17.9. The van der Waals surface area contributed by atoms with Crippen LogP contribution in [0.15, 0.2) is 17.0 Å². The van der Waals surface area contributed by atoms with E-state index in [1.54, 1.807) is 6.92 Å². The van der Waals surface area contributed by atoms with Crippen LogP contribution in [0.3, 0.4) is 0 Å². The van der Waals surface area contributed by atoms with Crippen molar-refractivity contribution in [2.45, 2.75) is 38.3 Å². The number of aryl methyl sites for hydroxylation is 2. The van der Waals surface area contributed by atoms with Crippen molar-refractivity contribution in [1.82, 2.24) is 4.31 Å². The zero-order valence-electron chi connectivity index (χ0n) is 12.0. The zero-order valence-corrected chi connectivity index (χ0v) is 12.8. The molecule has 0 radical (unpaired) electrons. The largest absolute Gasteiger partial charge is 0.402 e. The van der Waals surface area contributed by atoms with Gasteiger partial charge in [0.25, 0.3) is 0 Å². The quantitative estimate of drug-likeness (QED) is 0.777. The summed E-state index contributed by atoms with van der Waals surface area (Å²) in [7, 11) is -4.33. The van der Waals surface area contributed by atoms with Gasteiger partial charge >= 0.3 is 6.18 Å². The number of halogens is 4. The third kappa shape index (κ3) is 4.41. The van der Waals surface area contributed by atoms with Crippen LogP contribution in [0.4, 0.5) is 17.6 Å². The molecule has 0 spiro atoms. The van der Waals surface area contributed by atoms with E-state index in [9.17, 15) is 26.0 Å². The SMILES string of the molecule is CCCN(CC(F)(F)F)S(=O)(=O)c1c(C)cc(F)cc1C. The zero-order chi connectivity index (χ0) is 16.4. The first-order chi connectivity index (χ1) is 9.49. The molecule has 0 amide bonds. The summed E-state index contributed by atoms with van der Waals surface area (Å²) in [6.07, 6.45) is -4.39. The highest BCUT2D eigenvalue weighted by molar-refractivity contribution is 7.89. The van der Waals surface area contributed by atoms with E-state index in [0.717, 1.165) is 12.1 Å². The van der Waals surface area contributed by atoms with Gasteiger partial charge in [-0.15, -0.1) is 0 Å². The minimum absolute atomic E-state index is 0.0933. The Morgan fingerprint density at radius 1 is 1.14 bits per heavy atom. The van der Waals surface area contributed by atoms with E-state index in [1.807, 2.05) is 0 Å². The lowest BCUT2D eigenvalue weighted by Gasteiger charge is -2.24. The predicted octanol–water partition coefficient (Wildman–Crippen LogP) is 3.41. The highest BCUT2D eigenvalue weighted by Gasteiger charge is 2.37. The Hall–Kier alpha value is -1.15. The Labute approximate surface area is 121 Å². The molecule has 0 aliphatic rings. The summed E-state index contributed by atoms with van der Waals surface area (Å²) >= 11 is 0. The van der Waals surface area contributed by atoms with Gasteiger partial charge in [0.05, 0.1) is 4.90 Å². The minimum atomic E-state index is -4.63. The second-order valence-corrected chi connectivity index (χ2v) is 6.70. The van der Waals surface area contributed by atoms with Crippen molar-refractivity contribution < 1.29 is 26.0 Å². The number of nitrogens with zero attached hydrogens (tertiary/aromatic N) is 1. The molecule has 0 aliphatic carbocycles. The molecule has 1 aromatic carbocycles. The standard InChI is InChI=1S/C13H17F4NO2S/c1-4-5-18(8-13(15,16)17)21(19,20)12-9(2)6-11(14)7-10(12)3/h6-7H,4-5,8H2,1-3H3. The molecule has 0 bridgehead atoms. The molecule has 0 saturated carbocycles. The fourth-order valence-electron chi connectivity index (χ4n) is 2.17.